The van der Waals surface area contributed by atoms with Gasteiger partial charge in [-0.1, -0.05) is 12.2 Å². The van der Waals surface area contributed by atoms with Gasteiger partial charge >= 0.3 is 0 Å². The molecule has 1 nitrogen and oxygen atoms in total. The Kier molecular flexibility index (Phi) is 1.73. The number of ketones is 1. The number of halogens is 2. The van der Waals surface area contributed by atoms with Gasteiger partial charge in [0.1, 0.15) is 0 Å². The molecule has 0 radical (unpaired) electrons. The van der Waals surface area contributed by atoms with E-state index in [1.54, 1.807) is 0 Å². The first kappa shape index (κ1) is 7.63. The highest BCUT2D eigenvalue weighted by molar-refractivity contribution is 6.41. The molecule has 0 amide bonds. The number of hydrogen-bond acceptors (Lipinski definition) is 1. The van der Waals surface area contributed by atoms with Gasteiger partial charge in [0.15, 0.2) is 5.78 Å². The Hall–Kier alpha value is -0.0100. The lowest BCUT2D eigenvalue weighted by Crippen LogP contribution is -2.38. The van der Waals surface area contributed by atoms with Gasteiger partial charge in [0.05, 0.1) is 10.8 Å². The van der Waals surface area contributed by atoms with Crippen molar-refractivity contribution < 1.29 is 4.79 Å². The third-order valence-corrected chi connectivity index (χ3v) is 3.52. The quantitative estimate of drug-likeness (QED) is 0.422. The molecule has 60 valence electrons. The second-order valence-corrected chi connectivity index (χ2v) is 4.09. The molecule has 2 rings (SSSR count). The topological polar surface area (TPSA) is 17.1 Å². The van der Waals surface area contributed by atoms with Crippen LogP contribution in [0.25, 0.3) is 0 Å². The lowest BCUT2D eigenvalue weighted by molar-refractivity contribution is -0.120. The molecule has 0 heterocycles. The van der Waals surface area contributed by atoms with Crippen LogP contribution in [0.3, 0.4) is 0 Å². The van der Waals surface area contributed by atoms with Crippen LogP contribution in [-0.4, -0.2) is 16.5 Å². The van der Waals surface area contributed by atoms with E-state index >= 15 is 0 Å². The summed E-state index contributed by atoms with van der Waals surface area (Å²) in [7, 11) is 0. The molecule has 2 bridgehead atoms. The number of Topliss-reactive ketones (excluding diaryl/α,β-unsaturated/α-hetero) is 1. The minimum absolute atomic E-state index is 0.000386. The molecule has 0 unspecified atom stereocenters. The number of carbonyl (C=O) groups is 1. The summed E-state index contributed by atoms with van der Waals surface area (Å²) in [6.07, 6.45) is 4.99. The predicted molar refractivity (Wildman–Crippen MR) is 45.0 cm³/mol. The summed E-state index contributed by atoms with van der Waals surface area (Å²) in [4.78, 5) is 11.3. The van der Waals surface area contributed by atoms with Crippen LogP contribution >= 0.6 is 23.2 Å². The highest BCUT2D eigenvalue weighted by Crippen LogP contribution is 2.39. The molecule has 4 atom stereocenters. The van der Waals surface area contributed by atoms with E-state index in [1.165, 1.54) is 0 Å². The number of rotatable bonds is 0. The van der Waals surface area contributed by atoms with Crippen molar-refractivity contribution in [2.45, 2.75) is 17.2 Å². The number of carbonyl (C=O) groups excluding carboxylic acids is 1. The maximum absolute atomic E-state index is 11.3. The van der Waals surface area contributed by atoms with Gasteiger partial charge in [0.2, 0.25) is 0 Å². The Labute approximate surface area is 75.4 Å². The maximum atomic E-state index is 11.3. The zero-order valence-corrected chi connectivity index (χ0v) is 7.35. The van der Waals surface area contributed by atoms with Gasteiger partial charge in [-0.3, -0.25) is 4.79 Å². The van der Waals surface area contributed by atoms with Gasteiger partial charge in [-0.25, -0.2) is 0 Å². The summed E-state index contributed by atoms with van der Waals surface area (Å²) < 4.78 is 0. The zero-order valence-electron chi connectivity index (χ0n) is 5.84. The van der Waals surface area contributed by atoms with Crippen LogP contribution in [0.1, 0.15) is 6.42 Å². The van der Waals surface area contributed by atoms with E-state index in [1.807, 2.05) is 12.2 Å². The summed E-state index contributed by atoms with van der Waals surface area (Å²) in [5.74, 6) is 0.480. The summed E-state index contributed by atoms with van der Waals surface area (Å²) in [6.45, 7) is 0. The fourth-order valence-electron chi connectivity index (χ4n) is 1.76. The number of hydrogen-bond donors (Lipinski definition) is 0. The summed E-state index contributed by atoms with van der Waals surface area (Å²) >= 11 is 11.7. The van der Waals surface area contributed by atoms with Gasteiger partial charge in [-0.2, -0.15) is 0 Å². The van der Waals surface area contributed by atoms with Crippen molar-refractivity contribution in [1.82, 2.24) is 0 Å². The molecule has 11 heavy (non-hydrogen) atoms. The Morgan fingerprint density at radius 2 is 1.64 bits per heavy atom. The van der Waals surface area contributed by atoms with Gasteiger partial charge in [-0.05, 0) is 6.42 Å². The van der Waals surface area contributed by atoms with Gasteiger partial charge in [0.25, 0.3) is 0 Å². The average Bonchev–Trinajstić information content (AvgIpc) is 2.44. The standard InChI is InChI=1S/C8H8Cl2O/c9-6-4-1-2-5(3-4)7(10)8(6)11/h1-2,4-7H,3H2/t4-,5+,6-,7-/m1/s1. The first-order valence-electron chi connectivity index (χ1n) is 3.70. The van der Waals surface area contributed by atoms with E-state index in [-0.39, 0.29) is 28.4 Å². The van der Waals surface area contributed by atoms with Crippen molar-refractivity contribution in [2.75, 3.05) is 0 Å². The number of allylic oxidation sites excluding steroid dienone is 2. The van der Waals surface area contributed by atoms with Crippen LogP contribution in [0.4, 0.5) is 0 Å². The van der Waals surface area contributed by atoms with E-state index in [0.29, 0.717) is 0 Å². The van der Waals surface area contributed by atoms with E-state index in [2.05, 4.69) is 0 Å². The lowest BCUT2D eigenvalue weighted by Gasteiger charge is -2.26. The molecule has 2 aliphatic carbocycles. The summed E-state index contributed by atoms with van der Waals surface area (Å²) in [5, 5.41) is -0.764. The van der Waals surface area contributed by atoms with Crippen LogP contribution in [0.2, 0.25) is 0 Å². The van der Waals surface area contributed by atoms with Crippen molar-refractivity contribution in [3.05, 3.63) is 12.2 Å². The molecular weight excluding hydrogens is 183 g/mol. The van der Waals surface area contributed by atoms with Crippen LogP contribution in [0, 0.1) is 11.8 Å². The third-order valence-electron chi connectivity index (χ3n) is 2.45. The molecule has 1 fully saturated rings. The van der Waals surface area contributed by atoms with Gasteiger partial charge in [0, 0.05) is 11.8 Å². The van der Waals surface area contributed by atoms with Crippen molar-refractivity contribution in [1.29, 1.82) is 0 Å². The highest BCUT2D eigenvalue weighted by Gasteiger charge is 2.42. The van der Waals surface area contributed by atoms with Crippen LogP contribution in [-0.2, 0) is 4.79 Å². The van der Waals surface area contributed by atoms with Crippen molar-refractivity contribution >= 4 is 29.0 Å². The molecule has 0 spiro atoms. The highest BCUT2D eigenvalue weighted by atomic mass is 35.5. The largest absolute Gasteiger partial charge is 0.296 e. The van der Waals surface area contributed by atoms with Crippen molar-refractivity contribution in [3.8, 4) is 0 Å². The predicted octanol–water partition coefficient (Wildman–Crippen LogP) is 1.98. The molecular formula is C8H8Cl2O. The summed E-state index contributed by atoms with van der Waals surface area (Å²) in [6, 6.07) is 0. The maximum Gasteiger partial charge on any atom is 0.169 e. The second-order valence-electron chi connectivity index (χ2n) is 3.15. The Balaban J connectivity index is 2.29. The molecule has 3 heteroatoms. The van der Waals surface area contributed by atoms with E-state index < -0.39 is 0 Å². The van der Waals surface area contributed by atoms with E-state index in [9.17, 15) is 4.79 Å². The first-order valence-corrected chi connectivity index (χ1v) is 4.57. The molecule has 2 aliphatic rings. The number of fused-ring (bicyclic) bond motifs is 2. The smallest absolute Gasteiger partial charge is 0.169 e. The lowest BCUT2D eigenvalue weighted by atomic mass is 9.86. The van der Waals surface area contributed by atoms with Crippen LogP contribution < -0.4 is 0 Å². The average molecular weight is 191 g/mol. The second kappa shape index (κ2) is 2.49. The minimum atomic E-state index is -0.382. The van der Waals surface area contributed by atoms with Crippen molar-refractivity contribution in [3.63, 3.8) is 0 Å². The Morgan fingerprint density at radius 3 is 2.09 bits per heavy atom. The first-order chi connectivity index (χ1) is 5.20. The molecule has 0 saturated heterocycles. The molecule has 0 aromatic rings. The fraction of sp³-hybridized carbons (Fsp3) is 0.625. The molecule has 1 saturated carbocycles. The fourth-order valence-corrected chi connectivity index (χ4v) is 2.47. The number of alkyl halides is 2. The molecule has 0 aromatic carbocycles. The Bertz CT molecular complexity index is 204. The van der Waals surface area contributed by atoms with E-state index in [4.69, 9.17) is 23.2 Å². The van der Waals surface area contributed by atoms with Crippen molar-refractivity contribution in [2.24, 2.45) is 11.8 Å². The minimum Gasteiger partial charge on any atom is -0.296 e. The molecule has 0 aromatic heterocycles. The monoisotopic (exact) mass is 190 g/mol. The van der Waals surface area contributed by atoms with E-state index in [0.717, 1.165) is 6.42 Å². The normalized spacial score (nSPS) is 48.4. The SMILES string of the molecule is O=C1[C@H](Cl)[C@@H]2C=C[C@@H](C2)[C@H]1Cl. The molecule has 0 aliphatic heterocycles. The van der Waals surface area contributed by atoms with Gasteiger partial charge in [-0.15, -0.1) is 23.2 Å². The Morgan fingerprint density at radius 1 is 1.18 bits per heavy atom. The summed E-state index contributed by atoms with van der Waals surface area (Å²) in [5.41, 5.74) is 0. The zero-order chi connectivity index (χ0) is 8.01. The molecule has 0 N–H and O–H groups in total. The van der Waals surface area contributed by atoms with Crippen LogP contribution in [0.15, 0.2) is 12.2 Å². The van der Waals surface area contributed by atoms with Crippen LogP contribution in [0.5, 0.6) is 0 Å². The van der Waals surface area contributed by atoms with Gasteiger partial charge < -0.3 is 0 Å². The third kappa shape index (κ3) is 1.02.